The summed E-state index contributed by atoms with van der Waals surface area (Å²) in [7, 11) is 0. The molecule has 0 bridgehead atoms. The highest BCUT2D eigenvalue weighted by atomic mass is 16.3. The van der Waals surface area contributed by atoms with Gasteiger partial charge >= 0.3 is 0 Å². The van der Waals surface area contributed by atoms with Gasteiger partial charge in [0.1, 0.15) is 11.5 Å². The van der Waals surface area contributed by atoms with Crippen molar-refractivity contribution in [2.24, 2.45) is 0 Å². The van der Waals surface area contributed by atoms with Crippen LogP contribution in [0, 0.1) is 0 Å². The Kier molecular flexibility index (Phi) is 3.95. The summed E-state index contributed by atoms with van der Waals surface area (Å²) >= 11 is 0. The fraction of sp³-hybridized carbons (Fsp3) is 0.250. The summed E-state index contributed by atoms with van der Waals surface area (Å²) in [5.74, 6) is 0.211. The van der Waals surface area contributed by atoms with Gasteiger partial charge in [-0.25, -0.2) is 0 Å². The molecular formula is C16H19NO2. The minimum Gasteiger partial charge on any atom is -0.507 e. The summed E-state index contributed by atoms with van der Waals surface area (Å²) in [6.45, 7) is 4.02. The van der Waals surface area contributed by atoms with Gasteiger partial charge in [-0.15, -0.1) is 0 Å². The number of hydrogen-bond acceptors (Lipinski definition) is 3. The molecule has 0 aromatic heterocycles. The van der Waals surface area contributed by atoms with Crippen LogP contribution in [0.3, 0.4) is 0 Å². The topological polar surface area (TPSA) is 52.5 Å². The summed E-state index contributed by atoms with van der Waals surface area (Å²) in [5.41, 5.74) is 2.76. The van der Waals surface area contributed by atoms with Crippen LogP contribution in [0.4, 0.5) is 5.69 Å². The van der Waals surface area contributed by atoms with Crippen molar-refractivity contribution in [3.63, 3.8) is 0 Å². The number of hydrogen-bond donors (Lipinski definition) is 3. The number of aryl methyl sites for hydroxylation is 1. The monoisotopic (exact) mass is 257 g/mol. The Bertz CT molecular complexity index is 546. The molecule has 2 aromatic rings. The molecule has 100 valence electrons. The molecule has 2 aromatic carbocycles. The third-order valence-corrected chi connectivity index (χ3v) is 3.26. The largest absolute Gasteiger partial charge is 0.507 e. The maximum Gasteiger partial charge on any atom is 0.124 e. The van der Waals surface area contributed by atoms with Crippen LogP contribution in [-0.2, 0) is 6.42 Å². The van der Waals surface area contributed by atoms with Gasteiger partial charge in [-0.3, -0.25) is 0 Å². The van der Waals surface area contributed by atoms with Crippen LogP contribution >= 0.6 is 0 Å². The molecule has 0 aliphatic carbocycles. The molecule has 0 fully saturated rings. The van der Waals surface area contributed by atoms with Crippen LogP contribution in [0.25, 0.3) is 0 Å². The second kappa shape index (κ2) is 5.65. The number of phenols is 2. The standard InChI is InChI=1S/C16H19NO2/c1-3-12-7-4-5-8-13(12)17-11(2)16-14(18)9-6-10-15(16)19/h4-11,17-19H,3H2,1-2H3. The third kappa shape index (κ3) is 2.81. The van der Waals surface area contributed by atoms with E-state index in [0.29, 0.717) is 5.56 Å². The number of nitrogens with one attached hydrogen (secondary N) is 1. The Hall–Kier alpha value is -2.16. The summed E-state index contributed by atoms with van der Waals surface area (Å²) < 4.78 is 0. The molecule has 3 heteroatoms. The molecule has 3 N–H and O–H groups in total. The fourth-order valence-electron chi connectivity index (χ4n) is 2.26. The molecule has 0 aliphatic rings. The lowest BCUT2D eigenvalue weighted by Gasteiger charge is -2.19. The maximum absolute atomic E-state index is 9.87. The second-order valence-corrected chi connectivity index (χ2v) is 4.59. The van der Waals surface area contributed by atoms with E-state index in [-0.39, 0.29) is 17.5 Å². The highest BCUT2D eigenvalue weighted by Gasteiger charge is 2.15. The van der Waals surface area contributed by atoms with Gasteiger partial charge < -0.3 is 15.5 Å². The molecule has 0 saturated carbocycles. The molecule has 0 spiro atoms. The van der Waals surface area contributed by atoms with E-state index in [2.05, 4.69) is 18.3 Å². The van der Waals surface area contributed by atoms with Gasteiger partial charge in [0.05, 0.1) is 11.6 Å². The predicted octanol–water partition coefficient (Wildman–Crippen LogP) is 3.83. The molecule has 1 atom stereocenters. The van der Waals surface area contributed by atoms with Crippen LogP contribution in [0.5, 0.6) is 11.5 Å². The van der Waals surface area contributed by atoms with Gasteiger partial charge in [0.25, 0.3) is 0 Å². The first-order valence-corrected chi connectivity index (χ1v) is 6.48. The highest BCUT2D eigenvalue weighted by molar-refractivity contribution is 5.55. The molecule has 1 unspecified atom stereocenters. The Balaban J connectivity index is 2.28. The molecule has 0 saturated heterocycles. The highest BCUT2D eigenvalue weighted by Crippen LogP contribution is 2.34. The van der Waals surface area contributed by atoms with Crippen LogP contribution < -0.4 is 5.32 Å². The number of phenolic OH excluding ortho intramolecular Hbond substituents is 2. The zero-order valence-corrected chi connectivity index (χ0v) is 11.2. The Morgan fingerprint density at radius 2 is 1.63 bits per heavy atom. The van der Waals surface area contributed by atoms with Gasteiger partial charge in [0, 0.05) is 5.69 Å². The minimum atomic E-state index is -0.172. The van der Waals surface area contributed by atoms with Crippen molar-refractivity contribution in [1.29, 1.82) is 0 Å². The summed E-state index contributed by atoms with van der Waals surface area (Å²) in [5, 5.41) is 23.1. The van der Waals surface area contributed by atoms with E-state index in [0.717, 1.165) is 12.1 Å². The second-order valence-electron chi connectivity index (χ2n) is 4.59. The van der Waals surface area contributed by atoms with Gasteiger partial charge in [-0.05, 0) is 37.1 Å². The van der Waals surface area contributed by atoms with Crippen LogP contribution in [0.1, 0.15) is 31.0 Å². The normalized spacial score (nSPS) is 12.1. The van der Waals surface area contributed by atoms with E-state index < -0.39 is 0 Å². The summed E-state index contributed by atoms with van der Waals surface area (Å²) in [6, 6.07) is 12.7. The van der Waals surface area contributed by atoms with E-state index in [1.165, 1.54) is 5.56 Å². The number of anilines is 1. The van der Waals surface area contributed by atoms with E-state index in [1.807, 2.05) is 25.1 Å². The summed E-state index contributed by atoms with van der Waals surface area (Å²) in [4.78, 5) is 0. The number of aromatic hydroxyl groups is 2. The van der Waals surface area contributed by atoms with E-state index in [1.54, 1.807) is 18.2 Å². The molecule has 3 nitrogen and oxygen atoms in total. The number of rotatable bonds is 4. The van der Waals surface area contributed by atoms with Crippen LogP contribution in [-0.4, -0.2) is 10.2 Å². The van der Waals surface area contributed by atoms with Crippen LogP contribution in [0.15, 0.2) is 42.5 Å². The zero-order valence-electron chi connectivity index (χ0n) is 11.2. The number of para-hydroxylation sites is 1. The fourth-order valence-corrected chi connectivity index (χ4v) is 2.26. The van der Waals surface area contributed by atoms with Gasteiger partial charge in [-0.2, -0.15) is 0 Å². The molecule has 0 amide bonds. The molecular weight excluding hydrogens is 238 g/mol. The van der Waals surface area contributed by atoms with E-state index in [4.69, 9.17) is 0 Å². The average molecular weight is 257 g/mol. The SMILES string of the molecule is CCc1ccccc1NC(C)c1c(O)cccc1O. The van der Waals surface area contributed by atoms with Crippen molar-refractivity contribution in [2.45, 2.75) is 26.3 Å². The molecule has 19 heavy (non-hydrogen) atoms. The first-order valence-electron chi connectivity index (χ1n) is 6.48. The van der Waals surface area contributed by atoms with Crippen molar-refractivity contribution in [3.05, 3.63) is 53.6 Å². The average Bonchev–Trinajstić information content (AvgIpc) is 2.39. The quantitative estimate of drug-likeness (QED) is 0.780. The minimum absolute atomic E-state index is 0.106. The van der Waals surface area contributed by atoms with Crippen molar-refractivity contribution >= 4 is 5.69 Å². The maximum atomic E-state index is 9.87. The molecule has 0 radical (unpaired) electrons. The van der Waals surface area contributed by atoms with E-state index in [9.17, 15) is 10.2 Å². The van der Waals surface area contributed by atoms with Crippen molar-refractivity contribution < 1.29 is 10.2 Å². The lowest BCUT2D eigenvalue weighted by molar-refractivity contribution is 0.434. The summed E-state index contributed by atoms with van der Waals surface area (Å²) in [6.07, 6.45) is 0.933. The first kappa shape index (κ1) is 13.3. The van der Waals surface area contributed by atoms with Crippen molar-refractivity contribution in [2.75, 3.05) is 5.32 Å². The van der Waals surface area contributed by atoms with Gasteiger partial charge in [0.2, 0.25) is 0 Å². The van der Waals surface area contributed by atoms with Gasteiger partial charge in [0.15, 0.2) is 0 Å². The smallest absolute Gasteiger partial charge is 0.124 e. The zero-order chi connectivity index (χ0) is 13.8. The van der Waals surface area contributed by atoms with Crippen LogP contribution in [0.2, 0.25) is 0 Å². The first-order chi connectivity index (χ1) is 9.13. The molecule has 0 aliphatic heterocycles. The predicted molar refractivity (Wildman–Crippen MR) is 77.6 cm³/mol. The number of benzene rings is 2. The Morgan fingerprint density at radius 3 is 2.26 bits per heavy atom. The lowest BCUT2D eigenvalue weighted by atomic mass is 10.0. The molecule has 0 heterocycles. The van der Waals surface area contributed by atoms with Gasteiger partial charge in [-0.1, -0.05) is 31.2 Å². The molecule has 2 rings (SSSR count). The van der Waals surface area contributed by atoms with E-state index >= 15 is 0 Å². The Morgan fingerprint density at radius 1 is 1.00 bits per heavy atom. The Labute approximate surface area is 113 Å². The third-order valence-electron chi connectivity index (χ3n) is 3.26. The van der Waals surface area contributed by atoms with Crippen molar-refractivity contribution in [1.82, 2.24) is 0 Å². The lowest BCUT2D eigenvalue weighted by Crippen LogP contribution is -2.08. The van der Waals surface area contributed by atoms with Crippen molar-refractivity contribution in [3.8, 4) is 11.5 Å².